The molecule has 4 rings (SSSR count). The largest absolute Gasteiger partial charge is 0.503 e. The molecule has 5 nitrogen and oxygen atoms in total. The van der Waals surface area contributed by atoms with E-state index in [1.54, 1.807) is 12.1 Å². The van der Waals surface area contributed by atoms with E-state index in [0.717, 1.165) is 43.0 Å². The number of rotatable bonds is 4. The van der Waals surface area contributed by atoms with Crippen molar-refractivity contribution in [1.29, 1.82) is 0 Å². The molecule has 1 aliphatic heterocycles. The van der Waals surface area contributed by atoms with Gasteiger partial charge in [-0.05, 0) is 17.7 Å². The molecule has 0 radical (unpaired) electrons. The number of nitrogens with one attached hydrogen (secondary N) is 1. The van der Waals surface area contributed by atoms with E-state index in [1.165, 1.54) is 18.2 Å². The summed E-state index contributed by atoms with van der Waals surface area (Å²) in [6.45, 7) is 2.71. The van der Waals surface area contributed by atoms with Crippen molar-refractivity contribution in [1.82, 2.24) is 15.1 Å². The van der Waals surface area contributed by atoms with Gasteiger partial charge in [0.25, 0.3) is 0 Å². The summed E-state index contributed by atoms with van der Waals surface area (Å²) in [6, 6.07) is 14.0. The quantitative estimate of drug-likeness (QED) is 0.729. The van der Waals surface area contributed by atoms with Gasteiger partial charge in [-0.2, -0.15) is 5.10 Å². The molecule has 2 N–H and O–H groups in total. The molecule has 134 valence electrons. The summed E-state index contributed by atoms with van der Waals surface area (Å²) in [5.74, 6) is 0.300. The zero-order valence-electron chi connectivity index (χ0n) is 14.5. The third-order valence-corrected chi connectivity index (χ3v) is 5.07. The summed E-state index contributed by atoms with van der Waals surface area (Å²) in [6.07, 6.45) is 0.929. The van der Waals surface area contributed by atoms with E-state index >= 15 is 0 Å². The van der Waals surface area contributed by atoms with E-state index in [1.807, 2.05) is 6.07 Å². The molecule has 3 aromatic rings. The van der Waals surface area contributed by atoms with Crippen molar-refractivity contribution in [2.24, 2.45) is 0 Å². The van der Waals surface area contributed by atoms with Crippen LogP contribution in [0, 0.1) is 0 Å². The van der Waals surface area contributed by atoms with Crippen molar-refractivity contribution in [3.05, 3.63) is 64.3 Å². The van der Waals surface area contributed by atoms with Gasteiger partial charge in [-0.1, -0.05) is 41.9 Å². The number of hydrogen-bond donors (Lipinski definition) is 2. The number of benzene rings is 2. The van der Waals surface area contributed by atoms with Crippen LogP contribution in [0.15, 0.2) is 42.5 Å². The molecular weight excluding hydrogens is 350 g/mol. The number of aromatic amines is 1. The van der Waals surface area contributed by atoms with Gasteiger partial charge >= 0.3 is 0 Å². The number of aromatic hydroxyl groups is 1. The van der Waals surface area contributed by atoms with Crippen molar-refractivity contribution < 1.29 is 9.84 Å². The van der Waals surface area contributed by atoms with Crippen LogP contribution in [-0.2, 0) is 19.5 Å². The second-order valence-electron chi connectivity index (χ2n) is 6.48. The fourth-order valence-corrected chi connectivity index (χ4v) is 3.64. The van der Waals surface area contributed by atoms with Crippen LogP contribution in [0.5, 0.6) is 11.5 Å². The summed E-state index contributed by atoms with van der Waals surface area (Å²) in [4.78, 5) is 2.41. The molecule has 0 saturated heterocycles. The Labute approximate surface area is 157 Å². The summed E-state index contributed by atoms with van der Waals surface area (Å²) in [5, 5.41) is 17.9. The van der Waals surface area contributed by atoms with Crippen molar-refractivity contribution in [2.75, 3.05) is 13.7 Å². The molecule has 1 aliphatic rings. The summed E-state index contributed by atoms with van der Waals surface area (Å²) in [7, 11) is 1.51. The van der Waals surface area contributed by atoms with Gasteiger partial charge in [0.15, 0.2) is 11.5 Å². The van der Waals surface area contributed by atoms with Gasteiger partial charge in [0.1, 0.15) is 0 Å². The molecular formula is C20H20ClN3O2. The first-order valence-corrected chi connectivity index (χ1v) is 8.92. The SMILES string of the molecule is COc1cc(-c2n[nH]c3c2CN(Cc2ccccc2)CC3)cc(Cl)c1O. The Morgan fingerprint density at radius 1 is 1.27 bits per heavy atom. The molecule has 6 heteroatoms. The third-order valence-electron chi connectivity index (χ3n) is 4.78. The number of halogens is 1. The number of methoxy groups -OCH3 is 1. The van der Waals surface area contributed by atoms with Crippen LogP contribution >= 0.6 is 11.6 Å². The van der Waals surface area contributed by atoms with E-state index in [-0.39, 0.29) is 10.8 Å². The van der Waals surface area contributed by atoms with E-state index in [9.17, 15) is 5.11 Å². The van der Waals surface area contributed by atoms with Crippen molar-refractivity contribution in [2.45, 2.75) is 19.5 Å². The molecule has 0 bridgehead atoms. The highest BCUT2D eigenvalue weighted by Crippen LogP contribution is 2.39. The fraction of sp³-hybridized carbons (Fsp3) is 0.250. The normalized spacial score (nSPS) is 14.2. The molecule has 26 heavy (non-hydrogen) atoms. The summed E-state index contributed by atoms with van der Waals surface area (Å²) >= 11 is 6.16. The lowest BCUT2D eigenvalue weighted by Crippen LogP contribution is -2.29. The minimum Gasteiger partial charge on any atom is -0.503 e. The summed E-state index contributed by atoms with van der Waals surface area (Å²) in [5.41, 5.74) is 5.33. The first-order valence-electron chi connectivity index (χ1n) is 8.55. The number of phenolic OH excluding ortho intramolecular Hbond substituents is 1. The second-order valence-corrected chi connectivity index (χ2v) is 6.89. The molecule has 0 unspecified atom stereocenters. The number of nitrogens with zero attached hydrogens (tertiary/aromatic N) is 2. The number of hydrogen-bond acceptors (Lipinski definition) is 4. The van der Waals surface area contributed by atoms with Gasteiger partial charge < -0.3 is 9.84 Å². The predicted molar refractivity (Wildman–Crippen MR) is 102 cm³/mol. The predicted octanol–water partition coefficient (Wildman–Crippen LogP) is 4.00. The first-order chi connectivity index (χ1) is 12.7. The third kappa shape index (κ3) is 3.16. The molecule has 0 atom stereocenters. The Hall–Kier alpha value is -2.50. The zero-order chi connectivity index (χ0) is 18.1. The zero-order valence-corrected chi connectivity index (χ0v) is 15.3. The molecule has 2 aromatic carbocycles. The molecule has 0 saturated carbocycles. The van der Waals surface area contributed by atoms with Crippen molar-refractivity contribution in [3.63, 3.8) is 0 Å². The van der Waals surface area contributed by atoms with Crippen LogP contribution in [-0.4, -0.2) is 33.9 Å². The maximum atomic E-state index is 9.97. The van der Waals surface area contributed by atoms with Gasteiger partial charge in [-0.25, -0.2) is 0 Å². The highest BCUT2D eigenvalue weighted by Gasteiger charge is 2.24. The number of phenols is 1. The van der Waals surface area contributed by atoms with Crippen LogP contribution in [0.2, 0.25) is 5.02 Å². The van der Waals surface area contributed by atoms with Gasteiger partial charge in [0, 0.05) is 42.9 Å². The molecule has 0 spiro atoms. The Morgan fingerprint density at radius 2 is 2.08 bits per heavy atom. The van der Waals surface area contributed by atoms with Crippen LogP contribution < -0.4 is 4.74 Å². The van der Waals surface area contributed by atoms with E-state index in [0.29, 0.717) is 5.75 Å². The average Bonchev–Trinajstić information content (AvgIpc) is 3.08. The highest BCUT2D eigenvalue weighted by molar-refractivity contribution is 6.32. The molecule has 0 aliphatic carbocycles. The van der Waals surface area contributed by atoms with Crippen LogP contribution in [0.1, 0.15) is 16.8 Å². The van der Waals surface area contributed by atoms with Crippen LogP contribution in [0.4, 0.5) is 0 Å². The fourth-order valence-electron chi connectivity index (χ4n) is 3.43. The highest BCUT2D eigenvalue weighted by atomic mass is 35.5. The average molecular weight is 370 g/mol. The lowest BCUT2D eigenvalue weighted by Gasteiger charge is -2.27. The lowest BCUT2D eigenvalue weighted by molar-refractivity contribution is 0.245. The van der Waals surface area contributed by atoms with Gasteiger partial charge in [-0.15, -0.1) is 0 Å². The molecule has 2 heterocycles. The number of H-pyrrole nitrogens is 1. The topological polar surface area (TPSA) is 61.4 Å². The lowest BCUT2D eigenvalue weighted by atomic mass is 10.00. The molecule has 0 amide bonds. The van der Waals surface area contributed by atoms with E-state index in [2.05, 4.69) is 39.4 Å². The number of aromatic nitrogens is 2. The summed E-state index contributed by atoms with van der Waals surface area (Å²) < 4.78 is 5.23. The standard InChI is InChI=1S/C20H20ClN3O2/c1-26-18-10-14(9-16(21)20(18)25)19-15-12-24(8-7-17(15)22-23-19)11-13-5-3-2-4-6-13/h2-6,9-10,25H,7-8,11-12H2,1H3,(H,22,23). The smallest absolute Gasteiger partial charge is 0.176 e. The van der Waals surface area contributed by atoms with Crippen LogP contribution in [0.25, 0.3) is 11.3 Å². The Bertz CT molecular complexity index is 924. The number of fused-ring (bicyclic) bond motifs is 1. The van der Waals surface area contributed by atoms with E-state index in [4.69, 9.17) is 16.3 Å². The Kier molecular flexibility index (Phi) is 4.57. The Morgan fingerprint density at radius 3 is 2.85 bits per heavy atom. The number of ether oxygens (including phenoxy) is 1. The molecule has 1 aromatic heterocycles. The van der Waals surface area contributed by atoms with Crippen molar-refractivity contribution >= 4 is 11.6 Å². The monoisotopic (exact) mass is 369 g/mol. The minimum absolute atomic E-state index is 0.0481. The van der Waals surface area contributed by atoms with Gasteiger partial charge in [-0.3, -0.25) is 10.00 Å². The van der Waals surface area contributed by atoms with Crippen LogP contribution in [0.3, 0.4) is 0 Å². The Balaban J connectivity index is 1.64. The second kappa shape index (κ2) is 7.02. The maximum absolute atomic E-state index is 9.97. The molecule has 0 fully saturated rings. The maximum Gasteiger partial charge on any atom is 0.176 e. The van der Waals surface area contributed by atoms with Gasteiger partial charge in [0.05, 0.1) is 17.8 Å². The first kappa shape index (κ1) is 16.9. The minimum atomic E-state index is -0.0481. The van der Waals surface area contributed by atoms with Gasteiger partial charge in [0.2, 0.25) is 0 Å². The van der Waals surface area contributed by atoms with Crippen molar-refractivity contribution in [3.8, 4) is 22.8 Å². The van der Waals surface area contributed by atoms with E-state index < -0.39 is 0 Å².